The topological polar surface area (TPSA) is 37.4 Å². The van der Waals surface area contributed by atoms with Crippen molar-refractivity contribution in [2.24, 2.45) is 11.3 Å². The zero-order valence-corrected chi connectivity index (χ0v) is 14.8. The second kappa shape index (κ2) is 5.43. The summed E-state index contributed by atoms with van der Waals surface area (Å²) in [7, 11) is 0. The lowest BCUT2D eigenvalue weighted by Crippen LogP contribution is -2.72. The standard InChI is InChI=1S/C18H27N3OS/c1-12-11-23-17(19-12)21-8-3-13(4-9-21)20-15-14-5-10-22-16(14)18(15)6-2-7-18/h11,13-16,20H,2-10H2,1H3/t14-,15+,16-/m0/s1. The van der Waals surface area contributed by atoms with E-state index in [2.05, 4.69) is 27.5 Å². The van der Waals surface area contributed by atoms with Gasteiger partial charge in [-0.3, -0.25) is 0 Å². The Balaban J connectivity index is 1.20. The van der Waals surface area contributed by atoms with Gasteiger partial charge in [0.1, 0.15) is 0 Å². The molecule has 2 aliphatic carbocycles. The average Bonchev–Trinajstić information content (AvgIpc) is 3.12. The molecule has 4 fully saturated rings. The quantitative estimate of drug-likeness (QED) is 0.923. The monoisotopic (exact) mass is 333 g/mol. The van der Waals surface area contributed by atoms with Crippen LogP contribution in [0, 0.1) is 18.3 Å². The van der Waals surface area contributed by atoms with Crippen LogP contribution in [0.5, 0.6) is 0 Å². The maximum absolute atomic E-state index is 6.05. The van der Waals surface area contributed by atoms with Crippen molar-refractivity contribution in [1.29, 1.82) is 0 Å². The van der Waals surface area contributed by atoms with Crippen LogP contribution in [0.25, 0.3) is 0 Å². The minimum absolute atomic E-state index is 0.519. The molecule has 1 aromatic heterocycles. The number of nitrogens with one attached hydrogen (secondary N) is 1. The lowest BCUT2D eigenvalue weighted by Gasteiger charge is -2.64. The molecule has 5 rings (SSSR count). The molecule has 4 nitrogen and oxygen atoms in total. The van der Waals surface area contributed by atoms with E-state index in [0.717, 1.165) is 37.4 Å². The highest BCUT2D eigenvalue weighted by Gasteiger charge is 2.66. The highest BCUT2D eigenvalue weighted by Crippen LogP contribution is 2.63. The highest BCUT2D eigenvalue weighted by atomic mass is 32.1. The van der Waals surface area contributed by atoms with Gasteiger partial charge in [0, 0.05) is 48.5 Å². The van der Waals surface area contributed by atoms with Gasteiger partial charge in [0.05, 0.1) is 11.8 Å². The van der Waals surface area contributed by atoms with Crippen molar-refractivity contribution in [3.8, 4) is 0 Å². The molecule has 4 aliphatic rings. The van der Waals surface area contributed by atoms with Crippen LogP contribution in [-0.4, -0.2) is 42.9 Å². The van der Waals surface area contributed by atoms with Crippen molar-refractivity contribution < 1.29 is 4.74 Å². The van der Waals surface area contributed by atoms with E-state index in [9.17, 15) is 0 Å². The molecule has 2 saturated carbocycles. The molecule has 1 N–H and O–H groups in total. The lowest BCUT2D eigenvalue weighted by molar-refractivity contribution is -0.178. The van der Waals surface area contributed by atoms with Crippen molar-refractivity contribution in [2.75, 3.05) is 24.6 Å². The first-order valence-corrected chi connectivity index (χ1v) is 10.2. The van der Waals surface area contributed by atoms with Gasteiger partial charge in [0.25, 0.3) is 0 Å². The number of rotatable bonds is 3. The summed E-state index contributed by atoms with van der Waals surface area (Å²) < 4.78 is 6.05. The van der Waals surface area contributed by atoms with Crippen LogP contribution in [0.15, 0.2) is 5.38 Å². The van der Waals surface area contributed by atoms with E-state index in [1.165, 1.54) is 43.7 Å². The molecule has 0 bridgehead atoms. The Morgan fingerprint density at radius 1 is 1.30 bits per heavy atom. The number of nitrogens with zero attached hydrogens (tertiary/aromatic N) is 2. The van der Waals surface area contributed by atoms with Crippen molar-refractivity contribution in [3.63, 3.8) is 0 Å². The fourth-order valence-electron chi connectivity index (χ4n) is 5.47. The third-order valence-electron chi connectivity index (χ3n) is 6.82. The van der Waals surface area contributed by atoms with Gasteiger partial charge in [-0.2, -0.15) is 0 Å². The van der Waals surface area contributed by atoms with Gasteiger partial charge >= 0.3 is 0 Å². The predicted octanol–water partition coefficient (Wildman–Crippen LogP) is 2.97. The van der Waals surface area contributed by atoms with Gasteiger partial charge in [-0.15, -0.1) is 11.3 Å². The number of hydrogen-bond donors (Lipinski definition) is 1. The molecule has 0 radical (unpaired) electrons. The lowest BCUT2D eigenvalue weighted by atomic mass is 9.46. The summed E-state index contributed by atoms with van der Waals surface area (Å²) in [6.07, 6.45) is 8.57. The molecule has 2 aliphatic heterocycles. The SMILES string of the molecule is Cc1csc(N2CCC(N[C@@H]3[C@@H]4CCO[C@@H]4C34CCC4)CC2)n1. The van der Waals surface area contributed by atoms with E-state index >= 15 is 0 Å². The smallest absolute Gasteiger partial charge is 0.185 e. The summed E-state index contributed by atoms with van der Waals surface area (Å²) in [6, 6.07) is 1.43. The average molecular weight is 334 g/mol. The molecule has 3 atom stereocenters. The molecule has 1 spiro atoms. The number of aryl methyl sites for hydroxylation is 1. The second-order valence-electron chi connectivity index (χ2n) is 8.01. The largest absolute Gasteiger partial charge is 0.377 e. The van der Waals surface area contributed by atoms with E-state index in [-0.39, 0.29) is 0 Å². The van der Waals surface area contributed by atoms with E-state index in [1.54, 1.807) is 11.3 Å². The van der Waals surface area contributed by atoms with Gasteiger partial charge in [-0.05, 0) is 39.0 Å². The normalized spacial score (nSPS) is 35.9. The molecular formula is C18H27N3OS. The summed E-state index contributed by atoms with van der Waals surface area (Å²) in [6.45, 7) is 5.38. The third-order valence-corrected chi connectivity index (χ3v) is 7.84. The van der Waals surface area contributed by atoms with Crippen LogP contribution in [-0.2, 0) is 4.74 Å². The van der Waals surface area contributed by atoms with Gasteiger partial charge in [-0.25, -0.2) is 4.98 Å². The summed E-state index contributed by atoms with van der Waals surface area (Å²) in [5, 5.41) is 7.45. The summed E-state index contributed by atoms with van der Waals surface area (Å²) in [5.74, 6) is 0.801. The summed E-state index contributed by atoms with van der Waals surface area (Å²) in [5.41, 5.74) is 1.67. The van der Waals surface area contributed by atoms with E-state index in [0.29, 0.717) is 17.6 Å². The Kier molecular flexibility index (Phi) is 3.46. The minimum Gasteiger partial charge on any atom is -0.377 e. The Bertz CT molecular complexity index is 577. The summed E-state index contributed by atoms with van der Waals surface area (Å²) >= 11 is 1.79. The Hall–Kier alpha value is -0.650. The number of ether oxygens (including phenoxy) is 1. The van der Waals surface area contributed by atoms with Gasteiger partial charge in [0.15, 0.2) is 5.13 Å². The Morgan fingerprint density at radius 3 is 2.78 bits per heavy atom. The van der Waals surface area contributed by atoms with E-state index in [4.69, 9.17) is 4.74 Å². The minimum atomic E-state index is 0.519. The zero-order chi connectivity index (χ0) is 15.4. The van der Waals surface area contributed by atoms with Gasteiger partial charge in [-0.1, -0.05) is 6.42 Å². The maximum atomic E-state index is 6.05. The first-order valence-electron chi connectivity index (χ1n) is 9.31. The van der Waals surface area contributed by atoms with E-state index < -0.39 is 0 Å². The summed E-state index contributed by atoms with van der Waals surface area (Å²) in [4.78, 5) is 7.11. The maximum Gasteiger partial charge on any atom is 0.185 e. The third kappa shape index (κ3) is 2.19. The zero-order valence-electron chi connectivity index (χ0n) is 14.0. The number of fused-ring (bicyclic) bond motifs is 2. The fourth-order valence-corrected chi connectivity index (χ4v) is 6.33. The molecule has 1 aromatic rings. The Labute approximate surface area is 142 Å². The molecule has 5 heteroatoms. The van der Waals surface area contributed by atoms with Gasteiger partial charge < -0.3 is 15.0 Å². The predicted molar refractivity (Wildman–Crippen MR) is 93.1 cm³/mol. The fraction of sp³-hybridized carbons (Fsp3) is 0.833. The molecule has 126 valence electrons. The molecule has 23 heavy (non-hydrogen) atoms. The molecular weight excluding hydrogens is 306 g/mol. The number of anilines is 1. The second-order valence-corrected chi connectivity index (χ2v) is 8.84. The van der Waals surface area contributed by atoms with Crippen LogP contribution in [0.4, 0.5) is 5.13 Å². The van der Waals surface area contributed by atoms with Crippen LogP contribution in [0.3, 0.4) is 0 Å². The molecule has 3 heterocycles. The van der Waals surface area contributed by atoms with Crippen LogP contribution >= 0.6 is 11.3 Å². The van der Waals surface area contributed by atoms with Crippen LogP contribution in [0.1, 0.15) is 44.2 Å². The molecule has 0 unspecified atom stereocenters. The van der Waals surface area contributed by atoms with Crippen molar-refractivity contribution in [3.05, 3.63) is 11.1 Å². The first-order chi connectivity index (χ1) is 11.3. The molecule has 2 saturated heterocycles. The number of thiazole rings is 1. The highest BCUT2D eigenvalue weighted by molar-refractivity contribution is 7.13. The van der Waals surface area contributed by atoms with Crippen LogP contribution < -0.4 is 10.2 Å². The first kappa shape index (κ1) is 14.7. The number of aromatic nitrogens is 1. The van der Waals surface area contributed by atoms with Crippen molar-refractivity contribution >= 4 is 16.5 Å². The molecule has 0 amide bonds. The Morgan fingerprint density at radius 2 is 2.13 bits per heavy atom. The van der Waals surface area contributed by atoms with Gasteiger partial charge in [0.2, 0.25) is 0 Å². The van der Waals surface area contributed by atoms with Crippen molar-refractivity contribution in [1.82, 2.24) is 10.3 Å². The van der Waals surface area contributed by atoms with Crippen molar-refractivity contribution in [2.45, 2.75) is 63.6 Å². The number of hydrogen-bond acceptors (Lipinski definition) is 5. The molecule has 0 aromatic carbocycles. The number of piperidine rings is 1. The van der Waals surface area contributed by atoms with Crippen LogP contribution in [0.2, 0.25) is 0 Å². The van der Waals surface area contributed by atoms with E-state index in [1.807, 2.05) is 0 Å².